The molecule has 0 saturated carbocycles. The van der Waals surface area contributed by atoms with Gasteiger partial charge in [0.1, 0.15) is 5.01 Å². The van der Waals surface area contributed by atoms with Crippen LogP contribution in [0.1, 0.15) is 25.8 Å². The minimum atomic E-state index is 0.879. The van der Waals surface area contributed by atoms with Crippen LogP contribution >= 0.6 is 11.3 Å². The van der Waals surface area contributed by atoms with E-state index in [-0.39, 0.29) is 0 Å². The molecule has 1 aromatic carbocycles. The molecule has 2 rings (SSSR count). The van der Waals surface area contributed by atoms with E-state index >= 15 is 0 Å². The molecule has 0 fully saturated rings. The molecule has 17 heavy (non-hydrogen) atoms. The van der Waals surface area contributed by atoms with Crippen LogP contribution in [0.2, 0.25) is 0 Å². The lowest BCUT2D eigenvalue weighted by molar-refractivity contribution is 0.922. The van der Waals surface area contributed by atoms with E-state index in [2.05, 4.69) is 53.6 Å². The summed E-state index contributed by atoms with van der Waals surface area (Å²) >= 11 is 1.60. The van der Waals surface area contributed by atoms with Gasteiger partial charge in [0.05, 0.1) is 0 Å². The summed E-state index contributed by atoms with van der Waals surface area (Å²) in [4.78, 5) is 0. The summed E-state index contributed by atoms with van der Waals surface area (Å²) in [6.07, 6.45) is 2.32. The van der Waals surface area contributed by atoms with Crippen molar-refractivity contribution in [3.63, 3.8) is 0 Å². The molecule has 0 aliphatic heterocycles. The fourth-order valence-corrected chi connectivity index (χ4v) is 2.48. The molecule has 0 unspecified atom stereocenters. The van der Waals surface area contributed by atoms with E-state index in [1.165, 1.54) is 12.0 Å². The van der Waals surface area contributed by atoms with Gasteiger partial charge in [-0.2, -0.15) is 0 Å². The molecule has 0 spiro atoms. The first-order valence-electron chi connectivity index (χ1n) is 6.00. The third-order valence-corrected chi connectivity index (χ3v) is 3.42. The molecule has 0 radical (unpaired) electrons. The van der Waals surface area contributed by atoms with Gasteiger partial charge in [-0.25, -0.2) is 0 Å². The lowest BCUT2D eigenvalue weighted by Gasteiger charge is -1.99. The van der Waals surface area contributed by atoms with Crippen molar-refractivity contribution < 1.29 is 0 Å². The zero-order chi connectivity index (χ0) is 12.1. The molecule has 3 nitrogen and oxygen atoms in total. The van der Waals surface area contributed by atoms with Gasteiger partial charge in [-0.1, -0.05) is 48.9 Å². The van der Waals surface area contributed by atoms with Gasteiger partial charge >= 0.3 is 0 Å². The van der Waals surface area contributed by atoms with E-state index in [1.54, 1.807) is 11.3 Å². The molecule has 1 aromatic heterocycles. The van der Waals surface area contributed by atoms with Gasteiger partial charge in [-0.15, -0.1) is 10.2 Å². The number of hydrogen-bond acceptors (Lipinski definition) is 4. The molecule has 4 heteroatoms. The van der Waals surface area contributed by atoms with E-state index in [0.29, 0.717) is 0 Å². The average Bonchev–Trinajstić information content (AvgIpc) is 2.80. The van der Waals surface area contributed by atoms with Gasteiger partial charge in [0.15, 0.2) is 0 Å². The lowest BCUT2D eigenvalue weighted by atomic mass is 10.1. The second-order valence-corrected chi connectivity index (χ2v) is 4.87. The van der Waals surface area contributed by atoms with E-state index in [1.807, 2.05) is 0 Å². The molecular formula is C13H17N3S. The normalized spacial score (nSPS) is 10.5. The number of aromatic nitrogens is 2. The first kappa shape index (κ1) is 12.0. The van der Waals surface area contributed by atoms with Crippen molar-refractivity contribution in [3.8, 4) is 10.6 Å². The molecule has 0 bridgehead atoms. The second-order valence-electron chi connectivity index (χ2n) is 3.89. The third kappa shape index (κ3) is 3.03. The summed E-state index contributed by atoms with van der Waals surface area (Å²) in [5.74, 6) is 0. The van der Waals surface area contributed by atoms with Gasteiger partial charge < -0.3 is 5.32 Å². The van der Waals surface area contributed by atoms with Crippen LogP contribution in [0.15, 0.2) is 24.3 Å². The maximum Gasteiger partial charge on any atom is 0.205 e. The highest BCUT2D eigenvalue weighted by molar-refractivity contribution is 7.18. The summed E-state index contributed by atoms with van der Waals surface area (Å²) in [5, 5.41) is 13.3. The van der Waals surface area contributed by atoms with E-state index in [4.69, 9.17) is 0 Å². The van der Waals surface area contributed by atoms with Crippen LogP contribution in [0.3, 0.4) is 0 Å². The van der Waals surface area contributed by atoms with Crippen LogP contribution in [0.5, 0.6) is 0 Å². The number of benzene rings is 1. The highest BCUT2D eigenvalue weighted by Gasteiger charge is 2.05. The third-order valence-electron chi connectivity index (χ3n) is 2.49. The lowest BCUT2D eigenvalue weighted by Crippen LogP contribution is -1.94. The number of aryl methyl sites for hydroxylation is 1. The van der Waals surface area contributed by atoms with Crippen molar-refractivity contribution in [2.24, 2.45) is 0 Å². The molecule has 1 N–H and O–H groups in total. The molecular weight excluding hydrogens is 230 g/mol. The molecule has 0 atom stereocenters. The summed E-state index contributed by atoms with van der Waals surface area (Å²) in [6, 6.07) is 8.60. The number of rotatable bonds is 5. The van der Waals surface area contributed by atoms with Crippen LogP contribution in [-0.4, -0.2) is 16.7 Å². The fourth-order valence-electron chi connectivity index (χ4n) is 1.67. The Morgan fingerprint density at radius 3 is 2.53 bits per heavy atom. The molecule has 0 saturated heterocycles. The van der Waals surface area contributed by atoms with Crippen LogP contribution in [-0.2, 0) is 6.42 Å². The Labute approximate surface area is 106 Å². The highest BCUT2D eigenvalue weighted by Crippen LogP contribution is 2.26. The van der Waals surface area contributed by atoms with Crippen LogP contribution < -0.4 is 5.32 Å². The highest BCUT2D eigenvalue weighted by atomic mass is 32.1. The van der Waals surface area contributed by atoms with Crippen molar-refractivity contribution in [3.05, 3.63) is 29.8 Å². The van der Waals surface area contributed by atoms with E-state index in [0.717, 1.165) is 28.7 Å². The average molecular weight is 247 g/mol. The predicted octanol–water partition coefficient (Wildman–Crippen LogP) is 3.59. The van der Waals surface area contributed by atoms with Gasteiger partial charge in [0.2, 0.25) is 5.13 Å². The van der Waals surface area contributed by atoms with E-state index < -0.39 is 0 Å². The Bertz CT molecular complexity index is 462. The summed E-state index contributed by atoms with van der Waals surface area (Å²) in [6.45, 7) is 5.13. The van der Waals surface area contributed by atoms with Crippen LogP contribution in [0.4, 0.5) is 5.13 Å². The Morgan fingerprint density at radius 2 is 1.88 bits per heavy atom. The standard InChI is InChI=1S/C13H17N3S/c1-3-5-10-6-8-11(9-7-10)12-15-16-13(17-12)14-4-2/h6-9H,3-5H2,1-2H3,(H,14,16). The van der Waals surface area contributed by atoms with Crippen molar-refractivity contribution in [2.45, 2.75) is 26.7 Å². The fraction of sp³-hybridized carbons (Fsp3) is 0.385. The second kappa shape index (κ2) is 5.77. The van der Waals surface area contributed by atoms with Crippen molar-refractivity contribution in [1.82, 2.24) is 10.2 Å². The Balaban J connectivity index is 2.15. The smallest absolute Gasteiger partial charge is 0.205 e. The quantitative estimate of drug-likeness (QED) is 0.877. The minimum absolute atomic E-state index is 0.879. The monoisotopic (exact) mass is 247 g/mol. The summed E-state index contributed by atoms with van der Waals surface area (Å²) in [7, 11) is 0. The predicted molar refractivity (Wildman–Crippen MR) is 73.5 cm³/mol. The maximum absolute atomic E-state index is 4.19. The van der Waals surface area contributed by atoms with Gasteiger partial charge in [0.25, 0.3) is 0 Å². The topological polar surface area (TPSA) is 37.8 Å². The van der Waals surface area contributed by atoms with Crippen molar-refractivity contribution >= 4 is 16.5 Å². The number of nitrogens with zero attached hydrogens (tertiary/aromatic N) is 2. The molecule has 1 heterocycles. The zero-order valence-electron chi connectivity index (χ0n) is 10.2. The number of hydrogen-bond donors (Lipinski definition) is 1. The Kier molecular flexibility index (Phi) is 4.09. The SMILES string of the molecule is CCCc1ccc(-c2nnc(NCC)s2)cc1. The number of nitrogens with one attached hydrogen (secondary N) is 1. The molecule has 2 aromatic rings. The minimum Gasteiger partial charge on any atom is -0.360 e. The van der Waals surface area contributed by atoms with Gasteiger partial charge in [0, 0.05) is 12.1 Å². The number of anilines is 1. The molecule has 0 amide bonds. The first-order chi connectivity index (χ1) is 8.33. The Hall–Kier alpha value is -1.42. The zero-order valence-corrected chi connectivity index (χ0v) is 11.0. The van der Waals surface area contributed by atoms with E-state index in [9.17, 15) is 0 Å². The van der Waals surface area contributed by atoms with Crippen molar-refractivity contribution in [2.75, 3.05) is 11.9 Å². The maximum atomic E-state index is 4.19. The van der Waals surface area contributed by atoms with Crippen LogP contribution in [0, 0.1) is 0 Å². The largest absolute Gasteiger partial charge is 0.360 e. The van der Waals surface area contributed by atoms with Gasteiger partial charge in [-0.05, 0) is 18.9 Å². The molecule has 90 valence electrons. The Morgan fingerprint density at radius 1 is 1.12 bits per heavy atom. The summed E-state index contributed by atoms with van der Waals surface area (Å²) < 4.78 is 0. The van der Waals surface area contributed by atoms with Crippen LogP contribution in [0.25, 0.3) is 10.6 Å². The summed E-state index contributed by atoms with van der Waals surface area (Å²) in [5.41, 5.74) is 2.53. The van der Waals surface area contributed by atoms with Crippen molar-refractivity contribution in [1.29, 1.82) is 0 Å². The first-order valence-corrected chi connectivity index (χ1v) is 6.81. The van der Waals surface area contributed by atoms with Gasteiger partial charge in [-0.3, -0.25) is 0 Å². The molecule has 0 aliphatic carbocycles. The molecule has 0 aliphatic rings.